The highest BCUT2D eigenvalue weighted by atomic mass is 32.2. The van der Waals surface area contributed by atoms with Gasteiger partial charge in [0.05, 0.1) is 4.90 Å². The average Bonchev–Trinajstić information content (AvgIpc) is 2.58. The summed E-state index contributed by atoms with van der Waals surface area (Å²) in [6.45, 7) is 10.7. The number of amides is 1. The van der Waals surface area contributed by atoms with Gasteiger partial charge in [0.15, 0.2) is 0 Å². The van der Waals surface area contributed by atoms with E-state index in [0.717, 1.165) is 12.0 Å². The van der Waals surface area contributed by atoms with Crippen LogP contribution >= 0.6 is 0 Å². The zero-order chi connectivity index (χ0) is 19.0. The van der Waals surface area contributed by atoms with Crippen LogP contribution in [0.2, 0.25) is 0 Å². The molecule has 0 saturated carbocycles. The van der Waals surface area contributed by atoms with Crippen molar-refractivity contribution in [1.82, 2.24) is 9.62 Å². The van der Waals surface area contributed by atoms with Crippen molar-refractivity contribution in [1.29, 1.82) is 0 Å². The van der Waals surface area contributed by atoms with E-state index in [1.54, 1.807) is 30.3 Å². The number of carbonyl (C=O) groups is 1. The van der Waals surface area contributed by atoms with Crippen molar-refractivity contribution < 1.29 is 13.2 Å². The third-order valence-corrected chi connectivity index (χ3v) is 6.29. The van der Waals surface area contributed by atoms with Gasteiger partial charge < -0.3 is 5.32 Å². The van der Waals surface area contributed by atoms with Crippen molar-refractivity contribution in [3.8, 4) is 0 Å². The normalized spacial score (nSPS) is 13.6. The Morgan fingerprint density at radius 1 is 1.12 bits per heavy atom. The Morgan fingerprint density at radius 3 is 2.12 bits per heavy atom. The fourth-order valence-electron chi connectivity index (χ4n) is 2.61. The second kappa shape index (κ2) is 9.73. The summed E-state index contributed by atoms with van der Waals surface area (Å²) in [7, 11) is -3.45. The molecule has 1 rings (SSSR count). The van der Waals surface area contributed by atoms with Crippen LogP contribution in [0.15, 0.2) is 35.2 Å². The lowest BCUT2D eigenvalue weighted by Gasteiger charge is -2.19. The molecule has 1 atom stereocenters. The fraction of sp³-hybridized carbons (Fsp3) is 0.526. The van der Waals surface area contributed by atoms with Gasteiger partial charge in [0.25, 0.3) is 0 Å². The molecule has 0 saturated heterocycles. The van der Waals surface area contributed by atoms with Gasteiger partial charge in [-0.25, -0.2) is 8.42 Å². The monoisotopic (exact) mass is 366 g/mol. The molecule has 1 aromatic rings. The number of benzene rings is 1. The van der Waals surface area contributed by atoms with Crippen LogP contribution in [0.1, 0.15) is 46.6 Å². The number of sulfonamides is 1. The zero-order valence-corrected chi connectivity index (χ0v) is 16.6. The molecule has 5 nitrogen and oxygen atoms in total. The van der Waals surface area contributed by atoms with E-state index >= 15 is 0 Å². The topological polar surface area (TPSA) is 66.5 Å². The summed E-state index contributed by atoms with van der Waals surface area (Å²) < 4.78 is 26.3. The maximum Gasteiger partial charge on any atom is 0.244 e. The maximum absolute atomic E-state index is 12.4. The first-order chi connectivity index (χ1) is 11.8. The summed E-state index contributed by atoms with van der Waals surface area (Å²) in [5.41, 5.74) is 0.784. The lowest BCUT2D eigenvalue weighted by Crippen LogP contribution is -2.36. The third-order valence-electron chi connectivity index (χ3n) is 4.22. The molecule has 0 bridgehead atoms. The Bertz CT molecular complexity index is 675. The molecule has 1 aromatic carbocycles. The van der Waals surface area contributed by atoms with Crippen LogP contribution < -0.4 is 5.32 Å². The van der Waals surface area contributed by atoms with E-state index in [2.05, 4.69) is 19.2 Å². The number of nitrogens with one attached hydrogen (secondary N) is 1. The molecular weight excluding hydrogens is 336 g/mol. The van der Waals surface area contributed by atoms with Crippen LogP contribution in [-0.2, 0) is 14.8 Å². The molecule has 0 aliphatic carbocycles. The van der Waals surface area contributed by atoms with Gasteiger partial charge in [-0.1, -0.05) is 46.8 Å². The second-order valence-electron chi connectivity index (χ2n) is 6.26. The molecule has 0 unspecified atom stereocenters. The van der Waals surface area contributed by atoms with Crippen molar-refractivity contribution in [3.63, 3.8) is 0 Å². The Balaban J connectivity index is 2.82. The molecule has 0 aliphatic heterocycles. The molecule has 0 heterocycles. The first-order valence-corrected chi connectivity index (χ1v) is 10.3. The number of nitrogens with zero attached hydrogens (tertiary/aromatic N) is 1. The van der Waals surface area contributed by atoms with E-state index < -0.39 is 10.0 Å². The Morgan fingerprint density at radius 2 is 1.68 bits per heavy atom. The first kappa shape index (κ1) is 21.4. The van der Waals surface area contributed by atoms with Crippen molar-refractivity contribution in [2.45, 2.75) is 52.0 Å². The molecular formula is C19H30N2O3S. The molecule has 1 amide bonds. The molecule has 6 heteroatoms. The lowest BCUT2D eigenvalue weighted by atomic mass is 10.0. The van der Waals surface area contributed by atoms with Gasteiger partial charge in [-0.15, -0.1) is 0 Å². The van der Waals surface area contributed by atoms with Gasteiger partial charge in [0, 0.05) is 25.2 Å². The van der Waals surface area contributed by atoms with Gasteiger partial charge in [0.2, 0.25) is 15.9 Å². The van der Waals surface area contributed by atoms with Crippen molar-refractivity contribution in [2.75, 3.05) is 13.1 Å². The third kappa shape index (κ3) is 5.97. The number of rotatable bonds is 9. The molecule has 25 heavy (non-hydrogen) atoms. The number of carbonyl (C=O) groups excluding carboxylic acids is 1. The predicted octanol–water partition coefficient (Wildman–Crippen LogP) is 3.28. The molecule has 0 spiro atoms. The van der Waals surface area contributed by atoms with Crippen LogP contribution in [0, 0.1) is 5.92 Å². The Hall–Kier alpha value is -1.66. The summed E-state index contributed by atoms with van der Waals surface area (Å²) >= 11 is 0. The highest BCUT2D eigenvalue weighted by molar-refractivity contribution is 7.89. The van der Waals surface area contributed by atoms with Crippen molar-refractivity contribution in [2.24, 2.45) is 5.92 Å². The summed E-state index contributed by atoms with van der Waals surface area (Å²) in [6, 6.07) is 6.72. The summed E-state index contributed by atoms with van der Waals surface area (Å²) in [4.78, 5) is 12.3. The van der Waals surface area contributed by atoms with Crippen LogP contribution in [0.25, 0.3) is 6.08 Å². The smallest absolute Gasteiger partial charge is 0.244 e. The predicted molar refractivity (Wildman–Crippen MR) is 103 cm³/mol. The van der Waals surface area contributed by atoms with E-state index in [4.69, 9.17) is 0 Å². The van der Waals surface area contributed by atoms with Gasteiger partial charge in [-0.05, 0) is 36.1 Å². The van der Waals surface area contributed by atoms with Crippen LogP contribution in [0.4, 0.5) is 0 Å². The SMILES string of the molecule is CC[C@@H](NC(=O)/C=C\c1ccc(S(=O)(=O)N(CC)CC)cc1)C(C)C. The Labute approximate surface area is 152 Å². The van der Waals surface area contributed by atoms with Gasteiger partial charge in [0.1, 0.15) is 0 Å². The number of hydrogen-bond donors (Lipinski definition) is 1. The minimum absolute atomic E-state index is 0.139. The van der Waals surface area contributed by atoms with Crippen molar-refractivity contribution in [3.05, 3.63) is 35.9 Å². The molecule has 140 valence electrons. The summed E-state index contributed by atoms with van der Waals surface area (Å²) in [5, 5.41) is 2.97. The highest BCUT2D eigenvalue weighted by Crippen LogP contribution is 2.16. The summed E-state index contributed by atoms with van der Waals surface area (Å²) in [6.07, 6.45) is 4.06. The lowest BCUT2D eigenvalue weighted by molar-refractivity contribution is -0.117. The molecule has 0 fully saturated rings. The first-order valence-electron chi connectivity index (χ1n) is 8.84. The second-order valence-corrected chi connectivity index (χ2v) is 8.20. The molecule has 0 aromatic heterocycles. The van der Waals surface area contributed by atoms with Gasteiger partial charge in [-0.3, -0.25) is 4.79 Å². The van der Waals surface area contributed by atoms with E-state index in [-0.39, 0.29) is 16.8 Å². The van der Waals surface area contributed by atoms with Gasteiger partial charge >= 0.3 is 0 Å². The minimum atomic E-state index is -3.45. The average molecular weight is 367 g/mol. The van der Waals surface area contributed by atoms with Crippen LogP contribution in [0.5, 0.6) is 0 Å². The molecule has 0 radical (unpaired) electrons. The molecule has 1 N–H and O–H groups in total. The highest BCUT2D eigenvalue weighted by Gasteiger charge is 2.20. The number of hydrogen-bond acceptors (Lipinski definition) is 3. The standard InChI is InChI=1S/C19H30N2O3S/c1-6-18(15(4)5)20-19(22)14-11-16-9-12-17(13-10-16)25(23,24)21(7-2)8-3/h9-15,18H,6-8H2,1-5H3,(H,20,22)/b14-11-/t18-/m1/s1. The van der Waals surface area contributed by atoms with E-state index in [9.17, 15) is 13.2 Å². The summed E-state index contributed by atoms with van der Waals surface area (Å²) in [5.74, 6) is 0.243. The van der Waals surface area contributed by atoms with Crippen LogP contribution in [-0.4, -0.2) is 37.8 Å². The van der Waals surface area contributed by atoms with Crippen molar-refractivity contribution >= 4 is 22.0 Å². The Kier molecular flexibility index (Phi) is 8.32. The molecule has 0 aliphatic rings. The fourth-order valence-corrected chi connectivity index (χ4v) is 4.06. The van der Waals surface area contributed by atoms with E-state index in [1.807, 2.05) is 20.8 Å². The van der Waals surface area contributed by atoms with Gasteiger partial charge in [-0.2, -0.15) is 4.31 Å². The van der Waals surface area contributed by atoms with E-state index in [1.165, 1.54) is 10.4 Å². The van der Waals surface area contributed by atoms with E-state index in [0.29, 0.717) is 19.0 Å². The zero-order valence-electron chi connectivity index (χ0n) is 15.8. The van der Waals surface area contributed by atoms with Crippen LogP contribution in [0.3, 0.4) is 0 Å². The maximum atomic E-state index is 12.4. The largest absolute Gasteiger partial charge is 0.350 e. The minimum Gasteiger partial charge on any atom is -0.350 e. The quantitative estimate of drug-likeness (QED) is 0.682.